The van der Waals surface area contributed by atoms with Gasteiger partial charge < -0.3 is 9.47 Å². The molecule has 0 saturated carbocycles. The van der Waals surface area contributed by atoms with Gasteiger partial charge in [0.2, 0.25) is 0 Å². The first-order valence-electron chi connectivity index (χ1n) is 5.69. The number of carbonyl (C=O) groups is 2. The second-order valence-corrected chi connectivity index (χ2v) is 7.79. The highest BCUT2D eigenvalue weighted by Crippen LogP contribution is 2.58. The molecule has 19 heavy (non-hydrogen) atoms. The van der Waals surface area contributed by atoms with Gasteiger partial charge in [0.05, 0.1) is 23.5 Å². The first-order chi connectivity index (χ1) is 8.86. The van der Waals surface area contributed by atoms with Crippen LogP contribution >= 0.6 is 11.8 Å². The Morgan fingerprint density at radius 2 is 1.95 bits per heavy atom. The van der Waals surface area contributed by atoms with E-state index in [0.29, 0.717) is 0 Å². The van der Waals surface area contributed by atoms with Crippen molar-refractivity contribution in [1.29, 1.82) is 0 Å². The van der Waals surface area contributed by atoms with Crippen LogP contribution in [-0.4, -0.2) is 55.4 Å². The summed E-state index contributed by atoms with van der Waals surface area (Å²) in [7, 11) is -2.61. The van der Waals surface area contributed by atoms with Gasteiger partial charge in [-0.05, 0) is 0 Å². The minimum absolute atomic E-state index is 0.372. The van der Waals surface area contributed by atoms with Crippen molar-refractivity contribution in [3.8, 4) is 0 Å². The SMILES string of the molecule is COC(=O)C1C2SC3C(OS(=O)(=O)C31)C2OC(C)=O. The minimum Gasteiger partial charge on any atom is -0.469 e. The van der Waals surface area contributed by atoms with Crippen molar-refractivity contribution in [2.45, 2.75) is 34.9 Å². The predicted octanol–water partition coefficient (Wildman–Crippen LogP) is -0.698. The molecule has 0 radical (unpaired) electrons. The zero-order valence-corrected chi connectivity index (χ0v) is 11.8. The summed E-state index contributed by atoms with van der Waals surface area (Å²) in [6, 6.07) is 0. The third-order valence-electron chi connectivity index (χ3n) is 3.67. The van der Waals surface area contributed by atoms with Gasteiger partial charge in [0, 0.05) is 6.92 Å². The van der Waals surface area contributed by atoms with Crippen LogP contribution in [0.5, 0.6) is 0 Å². The standard InChI is InChI=1S/C10H12O7S2/c1-3(11)16-5-6-8-9(19(13,14)17-6)4(7(5)18-8)10(12)15-2/h4-9H,1-2H3. The van der Waals surface area contributed by atoms with E-state index in [-0.39, 0.29) is 5.25 Å². The smallest absolute Gasteiger partial charge is 0.311 e. The molecule has 0 aliphatic carbocycles. The molecule has 2 bridgehead atoms. The molecule has 9 heteroatoms. The third-order valence-corrected chi connectivity index (χ3v) is 7.34. The molecule has 106 valence electrons. The molecule has 6 atom stereocenters. The quantitative estimate of drug-likeness (QED) is 0.488. The van der Waals surface area contributed by atoms with Crippen molar-refractivity contribution >= 4 is 33.8 Å². The highest BCUT2D eigenvalue weighted by molar-refractivity contribution is 8.03. The van der Waals surface area contributed by atoms with Gasteiger partial charge in [0.25, 0.3) is 10.1 Å². The van der Waals surface area contributed by atoms with Crippen molar-refractivity contribution < 1.29 is 31.7 Å². The Balaban J connectivity index is 2.00. The summed E-state index contributed by atoms with van der Waals surface area (Å²) in [5, 5.41) is -1.69. The zero-order valence-electron chi connectivity index (χ0n) is 10.1. The lowest BCUT2D eigenvalue weighted by Crippen LogP contribution is -2.49. The van der Waals surface area contributed by atoms with Crippen LogP contribution in [0.25, 0.3) is 0 Å². The van der Waals surface area contributed by atoms with Crippen molar-refractivity contribution in [3.63, 3.8) is 0 Å². The first kappa shape index (κ1) is 13.2. The summed E-state index contributed by atoms with van der Waals surface area (Å²) in [4.78, 5) is 22.9. The van der Waals surface area contributed by atoms with Crippen molar-refractivity contribution in [2.24, 2.45) is 5.92 Å². The highest BCUT2D eigenvalue weighted by Gasteiger charge is 2.72. The average molecular weight is 308 g/mol. The lowest BCUT2D eigenvalue weighted by atomic mass is 9.85. The molecular weight excluding hydrogens is 296 g/mol. The summed E-state index contributed by atoms with van der Waals surface area (Å²) >= 11 is 1.33. The summed E-state index contributed by atoms with van der Waals surface area (Å²) in [5.41, 5.74) is 0. The van der Waals surface area contributed by atoms with E-state index in [0.717, 1.165) is 0 Å². The molecule has 7 nitrogen and oxygen atoms in total. The summed E-state index contributed by atoms with van der Waals surface area (Å²) in [5.74, 6) is -1.96. The fraction of sp³-hybridized carbons (Fsp3) is 0.800. The topological polar surface area (TPSA) is 96.0 Å². The maximum atomic E-state index is 12.0. The zero-order chi connectivity index (χ0) is 13.9. The van der Waals surface area contributed by atoms with E-state index in [2.05, 4.69) is 4.74 Å². The molecule has 3 heterocycles. The van der Waals surface area contributed by atoms with E-state index >= 15 is 0 Å². The lowest BCUT2D eigenvalue weighted by molar-refractivity contribution is -0.156. The number of carbonyl (C=O) groups excluding carboxylic acids is 2. The molecule has 0 aromatic rings. The van der Waals surface area contributed by atoms with Gasteiger partial charge in [-0.2, -0.15) is 8.42 Å². The molecule has 0 aromatic heterocycles. The van der Waals surface area contributed by atoms with Crippen LogP contribution < -0.4 is 0 Å². The second-order valence-electron chi connectivity index (χ2n) is 4.71. The number of thioether (sulfide) groups is 1. The number of rotatable bonds is 2. The Kier molecular flexibility index (Phi) is 2.84. The van der Waals surface area contributed by atoms with Crippen molar-refractivity contribution in [1.82, 2.24) is 0 Å². The molecule has 3 aliphatic heterocycles. The van der Waals surface area contributed by atoms with Gasteiger partial charge in [-0.1, -0.05) is 0 Å². The van der Waals surface area contributed by atoms with Gasteiger partial charge in [-0.15, -0.1) is 11.8 Å². The van der Waals surface area contributed by atoms with E-state index in [9.17, 15) is 18.0 Å². The van der Waals surface area contributed by atoms with E-state index < -0.39 is 50.7 Å². The van der Waals surface area contributed by atoms with Gasteiger partial charge >= 0.3 is 11.9 Å². The van der Waals surface area contributed by atoms with Gasteiger partial charge in [-0.25, -0.2) is 0 Å². The van der Waals surface area contributed by atoms with Crippen LogP contribution in [0.4, 0.5) is 0 Å². The van der Waals surface area contributed by atoms with E-state index in [1.807, 2.05) is 0 Å². The molecule has 0 spiro atoms. The average Bonchev–Trinajstić information content (AvgIpc) is 2.89. The highest BCUT2D eigenvalue weighted by atomic mass is 32.2. The van der Waals surface area contributed by atoms with Gasteiger partial charge in [0.1, 0.15) is 17.5 Å². The number of hydrogen-bond acceptors (Lipinski definition) is 8. The Bertz CT molecular complexity index is 542. The van der Waals surface area contributed by atoms with Crippen LogP contribution in [0, 0.1) is 5.92 Å². The normalized spacial score (nSPS) is 45.2. The van der Waals surface area contributed by atoms with Crippen LogP contribution in [-0.2, 0) is 33.4 Å². The number of fused-ring (bicyclic) bond motifs is 1. The molecule has 3 fully saturated rings. The maximum Gasteiger partial charge on any atom is 0.311 e. The van der Waals surface area contributed by atoms with Gasteiger partial charge in [-0.3, -0.25) is 13.8 Å². The molecule has 3 rings (SSSR count). The maximum absolute atomic E-state index is 12.0. The molecule has 0 amide bonds. The Labute approximate surface area is 114 Å². The summed E-state index contributed by atoms with van der Waals surface area (Å²) < 4.78 is 38.8. The number of esters is 2. The summed E-state index contributed by atoms with van der Waals surface area (Å²) in [6.45, 7) is 1.24. The monoisotopic (exact) mass is 308 g/mol. The predicted molar refractivity (Wildman–Crippen MR) is 63.8 cm³/mol. The second kappa shape index (κ2) is 4.10. The van der Waals surface area contributed by atoms with Crippen LogP contribution in [0.3, 0.4) is 0 Å². The Morgan fingerprint density at radius 1 is 1.26 bits per heavy atom. The van der Waals surface area contributed by atoms with E-state index in [1.165, 1.54) is 25.8 Å². The molecular formula is C10H12O7S2. The van der Waals surface area contributed by atoms with Gasteiger partial charge in [0.15, 0.2) is 0 Å². The van der Waals surface area contributed by atoms with Crippen LogP contribution in [0.2, 0.25) is 0 Å². The number of methoxy groups -OCH3 is 1. The van der Waals surface area contributed by atoms with E-state index in [1.54, 1.807) is 0 Å². The molecule has 6 unspecified atom stereocenters. The molecule has 0 N–H and O–H groups in total. The number of ether oxygens (including phenoxy) is 2. The van der Waals surface area contributed by atoms with Crippen LogP contribution in [0.15, 0.2) is 0 Å². The van der Waals surface area contributed by atoms with Crippen LogP contribution in [0.1, 0.15) is 6.92 Å². The number of hydrogen-bond donors (Lipinski definition) is 0. The minimum atomic E-state index is -3.82. The largest absolute Gasteiger partial charge is 0.469 e. The first-order valence-corrected chi connectivity index (χ1v) is 8.11. The molecule has 3 aliphatic rings. The fourth-order valence-electron chi connectivity index (χ4n) is 3.06. The van der Waals surface area contributed by atoms with Crippen molar-refractivity contribution in [3.05, 3.63) is 0 Å². The third kappa shape index (κ3) is 1.71. The molecule has 3 saturated heterocycles. The Hall–Kier alpha value is -0.800. The fourth-order valence-corrected chi connectivity index (χ4v) is 7.49. The molecule has 0 aromatic carbocycles. The van der Waals surface area contributed by atoms with Crippen molar-refractivity contribution in [2.75, 3.05) is 7.11 Å². The Morgan fingerprint density at radius 3 is 2.53 bits per heavy atom. The summed E-state index contributed by atoms with van der Waals surface area (Å²) in [6.07, 6.45) is -1.40. The lowest BCUT2D eigenvalue weighted by Gasteiger charge is -2.27. The van der Waals surface area contributed by atoms with E-state index in [4.69, 9.17) is 8.92 Å².